The zero-order chi connectivity index (χ0) is 8.73. The zero-order valence-electron chi connectivity index (χ0n) is 7.79. The van der Waals surface area contributed by atoms with Gasteiger partial charge >= 0.3 is 0 Å². The molecule has 3 rings (SSSR count). The Kier molecular flexibility index (Phi) is 1.50. The van der Waals surface area contributed by atoms with Crippen LogP contribution in [0.2, 0.25) is 0 Å². The van der Waals surface area contributed by atoms with Crippen molar-refractivity contribution in [3.63, 3.8) is 0 Å². The summed E-state index contributed by atoms with van der Waals surface area (Å²) in [6.07, 6.45) is 4.25. The maximum Gasteiger partial charge on any atom is 0.0326 e. The van der Waals surface area contributed by atoms with Crippen LogP contribution in [0.15, 0.2) is 30.3 Å². The smallest absolute Gasteiger partial charge is 0.0326 e. The van der Waals surface area contributed by atoms with E-state index < -0.39 is 0 Å². The lowest BCUT2D eigenvalue weighted by Crippen LogP contribution is -2.13. The minimum absolute atomic E-state index is 0.628. The first-order chi connectivity index (χ1) is 6.38. The van der Waals surface area contributed by atoms with Gasteiger partial charge in [0.25, 0.3) is 0 Å². The SMILES string of the molecule is c1ccc(C2CC3(CC3)CN2)cc1. The molecule has 0 radical (unpaired) electrons. The fourth-order valence-corrected chi connectivity index (χ4v) is 2.40. The molecule has 1 aromatic carbocycles. The Balaban J connectivity index is 1.80. The molecule has 2 aliphatic rings. The molecule has 1 spiro atoms. The summed E-state index contributed by atoms with van der Waals surface area (Å²) in [5.41, 5.74) is 2.17. The zero-order valence-corrected chi connectivity index (χ0v) is 7.79. The Hall–Kier alpha value is -0.820. The topological polar surface area (TPSA) is 12.0 Å². The molecule has 1 N–H and O–H groups in total. The van der Waals surface area contributed by atoms with Gasteiger partial charge < -0.3 is 5.32 Å². The highest BCUT2D eigenvalue weighted by Gasteiger charge is 2.48. The van der Waals surface area contributed by atoms with Gasteiger partial charge in [0, 0.05) is 12.6 Å². The van der Waals surface area contributed by atoms with Crippen LogP contribution in [0.1, 0.15) is 30.9 Å². The molecule has 1 unspecified atom stereocenters. The predicted octanol–water partition coefficient (Wildman–Crippen LogP) is 2.50. The van der Waals surface area contributed by atoms with Crippen molar-refractivity contribution in [1.29, 1.82) is 0 Å². The van der Waals surface area contributed by atoms with Crippen molar-refractivity contribution in [2.24, 2.45) is 5.41 Å². The van der Waals surface area contributed by atoms with Gasteiger partial charge in [0.2, 0.25) is 0 Å². The molecule has 0 aromatic heterocycles. The van der Waals surface area contributed by atoms with E-state index in [2.05, 4.69) is 35.6 Å². The second-order valence-corrected chi connectivity index (χ2v) is 4.55. The standard InChI is InChI=1S/C12H15N/c1-2-4-10(5-3-1)11-8-12(6-7-12)9-13-11/h1-5,11,13H,6-9H2. The summed E-state index contributed by atoms with van der Waals surface area (Å²) in [6, 6.07) is 11.5. The van der Waals surface area contributed by atoms with Crippen molar-refractivity contribution in [3.05, 3.63) is 35.9 Å². The Morgan fingerprint density at radius 1 is 1.15 bits per heavy atom. The van der Waals surface area contributed by atoms with Gasteiger partial charge in [-0.15, -0.1) is 0 Å². The van der Waals surface area contributed by atoms with Gasteiger partial charge in [-0.1, -0.05) is 30.3 Å². The van der Waals surface area contributed by atoms with E-state index in [0.717, 1.165) is 0 Å². The third-order valence-corrected chi connectivity index (χ3v) is 3.52. The van der Waals surface area contributed by atoms with Crippen LogP contribution < -0.4 is 5.32 Å². The first kappa shape index (κ1) is 7.57. The number of rotatable bonds is 1. The number of hydrogen-bond donors (Lipinski definition) is 1. The average Bonchev–Trinajstić information content (AvgIpc) is 2.78. The molecule has 1 aromatic rings. The summed E-state index contributed by atoms with van der Waals surface area (Å²) in [5, 5.41) is 3.63. The van der Waals surface area contributed by atoms with Crippen LogP contribution in [0.25, 0.3) is 0 Å². The average molecular weight is 173 g/mol. The quantitative estimate of drug-likeness (QED) is 0.688. The number of nitrogens with one attached hydrogen (secondary N) is 1. The normalized spacial score (nSPS) is 29.4. The maximum atomic E-state index is 3.63. The van der Waals surface area contributed by atoms with E-state index in [-0.39, 0.29) is 0 Å². The molecular weight excluding hydrogens is 158 g/mol. The Morgan fingerprint density at radius 3 is 2.54 bits per heavy atom. The largest absolute Gasteiger partial charge is 0.309 e. The lowest BCUT2D eigenvalue weighted by molar-refractivity contribution is 0.552. The minimum atomic E-state index is 0.628. The molecular formula is C12H15N. The van der Waals surface area contributed by atoms with Gasteiger partial charge in [-0.3, -0.25) is 0 Å². The van der Waals surface area contributed by atoms with E-state index in [9.17, 15) is 0 Å². The summed E-state index contributed by atoms with van der Waals surface area (Å²) in [4.78, 5) is 0. The van der Waals surface area contributed by atoms with Crippen LogP contribution in [0, 0.1) is 5.41 Å². The third-order valence-electron chi connectivity index (χ3n) is 3.52. The van der Waals surface area contributed by atoms with Gasteiger partial charge in [0.1, 0.15) is 0 Å². The molecule has 0 amide bonds. The molecule has 2 fully saturated rings. The number of benzene rings is 1. The third kappa shape index (κ3) is 1.28. The van der Waals surface area contributed by atoms with Crippen molar-refractivity contribution in [2.45, 2.75) is 25.3 Å². The Bertz CT molecular complexity index is 300. The fourth-order valence-electron chi connectivity index (χ4n) is 2.40. The molecule has 1 saturated carbocycles. The van der Waals surface area contributed by atoms with Crippen molar-refractivity contribution in [3.8, 4) is 0 Å². The molecule has 1 heterocycles. The van der Waals surface area contributed by atoms with Crippen molar-refractivity contribution in [2.75, 3.05) is 6.54 Å². The van der Waals surface area contributed by atoms with Gasteiger partial charge in [-0.05, 0) is 30.2 Å². The molecule has 1 saturated heterocycles. The van der Waals surface area contributed by atoms with Crippen LogP contribution in [0.4, 0.5) is 0 Å². The van der Waals surface area contributed by atoms with Gasteiger partial charge in [0.15, 0.2) is 0 Å². The molecule has 68 valence electrons. The second kappa shape index (κ2) is 2.58. The first-order valence-electron chi connectivity index (χ1n) is 5.16. The second-order valence-electron chi connectivity index (χ2n) is 4.55. The molecule has 1 aliphatic carbocycles. The summed E-state index contributed by atoms with van der Waals surface area (Å²) < 4.78 is 0. The van der Waals surface area contributed by atoms with Crippen LogP contribution in [0.5, 0.6) is 0 Å². The summed E-state index contributed by atoms with van der Waals surface area (Å²) in [6.45, 7) is 1.24. The van der Waals surface area contributed by atoms with Crippen LogP contribution in [-0.2, 0) is 0 Å². The van der Waals surface area contributed by atoms with Gasteiger partial charge in [-0.2, -0.15) is 0 Å². The van der Waals surface area contributed by atoms with Crippen LogP contribution in [0.3, 0.4) is 0 Å². The van der Waals surface area contributed by atoms with Gasteiger partial charge in [-0.25, -0.2) is 0 Å². The molecule has 1 nitrogen and oxygen atoms in total. The fraction of sp³-hybridized carbons (Fsp3) is 0.500. The van der Waals surface area contributed by atoms with Crippen LogP contribution >= 0.6 is 0 Å². The van der Waals surface area contributed by atoms with Gasteiger partial charge in [0.05, 0.1) is 0 Å². The summed E-state index contributed by atoms with van der Waals surface area (Å²) in [7, 11) is 0. The minimum Gasteiger partial charge on any atom is -0.309 e. The molecule has 1 heteroatoms. The Labute approximate surface area is 79.2 Å². The van der Waals surface area contributed by atoms with E-state index >= 15 is 0 Å². The van der Waals surface area contributed by atoms with E-state index in [1.54, 1.807) is 0 Å². The van der Waals surface area contributed by atoms with Crippen LogP contribution in [-0.4, -0.2) is 6.54 Å². The van der Waals surface area contributed by atoms with Crippen molar-refractivity contribution >= 4 is 0 Å². The van der Waals surface area contributed by atoms with E-state index in [0.29, 0.717) is 11.5 Å². The highest BCUT2D eigenvalue weighted by atomic mass is 15.0. The van der Waals surface area contributed by atoms with Crippen molar-refractivity contribution in [1.82, 2.24) is 5.32 Å². The van der Waals surface area contributed by atoms with E-state index in [1.807, 2.05) is 0 Å². The van der Waals surface area contributed by atoms with Crippen molar-refractivity contribution < 1.29 is 0 Å². The molecule has 0 bridgehead atoms. The number of hydrogen-bond acceptors (Lipinski definition) is 1. The predicted molar refractivity (Wildman–Crippen MR) is 53.5 cm³/mol. The monoisotopic (exact) mass is 173 g/mol. The maximum absolute atomic E-state index is 3.63. The highest BCUT2D eigenvalue weighted by molar-refractivity contribution is 5.22. The molecule has 13 heavy (non-hydrogen) atoms. The lowest BCUT2D eigenvalue weighted by atomic mass is 9.98. The molecule has 1 atom stereocenters. The molecule has 1 aliphatic heterocycles. The Morgan fingerprint density at radius 2 is 1.92 bits per heavy atom. The summed E-state index contributed by atoms with van der Waals surface area (Å²) >= 11 is 0. The lowest BCUT2D eigenvalue weighted by Gasteiger charge is -2.09. The first-order valence-corrected chi connectivity index (χ1v) is 5.16. The van der Waals surface area contributed by atoms with E-state index in [1.165, 1.54) is 31.4 Å². The van der Waals surface area contributed by atoms with E-state index in [4.69, 9.17) is 0 Å². The summed E-state index contributed by atoms with van der Waals surface area (Å²) in [5.74, 6) is 0. The highest BCUT2D eigenvalue weighted by Crippen LogP contribution is 2.54.